The van der Waals surface area contributed by atoms with Crippen molar-refractivity contribution in [2.45, 2.75) is 33.4 Å². The molecule has 2 rings (SSSR count). The van der Waals surface area contributed by atoms with E-state index in [0.29, 0.717) is 5.56 Å². The number of aliphatic hydroxyl groups excluding tert-OH is 1. The van der Waals surface area contributed by atoms with Gasteiger partial charge in [-0.1, -0.05) is 29.8 Å². The van der Waals surface area contributed by atoms with E-state index < -0.39 is 0 Å². The van der Waals surface area contributed by atoms with Crippen LogP contribution < -0.4 is 5.56 Å². The minimum absolute atomic E-state index is 0.0512. The van der Waals surface area contributed by atoms with E-state index in [1.54, 1.807) is 10.6 Å². The van der Waals surface area contributed by atoms with E-state index in [0.717, 1.165) is 11.3 Å². The van der Waals surface area contributed by atoms with Gasteiger partial charge in [-0.3, -0.25) is 4.79 Å². The Morgan fingerprint density at radius 1 is 1.11 bits per heavy atom. The molecule has 2 aromatic rings. The molecule has 3 heteroatoms. The first-order chi connectivity index (χ1) is 9.04. The van der Waals surface area contributed by atoms with E-state index >= 15 is 0 Å². The number of hydrogen-bond donors (Lipinski definition) is 1. The summed E-state index contributed by atoms with van der Waals surface area (Å²) in [6, 6.07) is 11.8. The van der Waals surface area contributed by atoms with Crippen molar-refractivity contribution in [1.29, 1.82) is 0 Å². The zero-order valence-electron chi connectivity index (χ0n) is 11.6. The molecule has 0 aliphatic carbocycles. The van der Waals surface area contributed by atoms with Gasteiger partial charge in [0.2, 0.25) is 0 Å². The van der Waals surface area contributed by atoms with E-state index in [4.69, 9.17) is 0 Å². The summed E-state index contributed by atoms with van der Waals surface area (Å²) in [7, 11) is 0. The molecule has 0 spiro atoms. The highest BCUT2D eigenvalue weighted by Crippen LogP contribution is 2.21. The second-order valence-corrected chi connectivity index (χ2v) is 5.04. The maximum Gasteiger partial charge on any atom is 0.256 e. The van der Waals surface area contributed by atoms with Crippen molar-refractivity contribution in [3.05, 3.63) is 57.9 Å². The SMILES string of the molecule is Cc1ccc(-c2ccc(CO)c(=O)n2C(C)C)cc1. The van der Waals surface area contributed by atoms with Gasteiger partial charge in [0.1, 0.15) is 0 Å². The van der Waals surface area contributed by atoms with Crippen LogP contribution in [0.1, 0.15) is 31.0 Å². The van der Waals surface area contributed by atoms with Crippen LogP contribution in [0.15, 0.2) is 41.2 Å². The smallest absolute Gasteiger partial charge is 0.256 e. The predicted molar refractivity (Wildman–Crippen MR) is 77.2 cm³/mol. The van der Waals surface area contributed by atoms with Crippen molar-refractivity contribution < 1.29 is 5.11 Å². The van der Waals surface area contributed by atoms with Crippen molar-refractivity contribution >= 4 is 0 Å². The molecule has 0 aliphatic heterocycles. The zero-order valence-corrected chi connectivity index (χ0v) is 11.6. The highest BCUT2D eigenvalue weighted by molar-refractivity contribution is 5.60. The molecule has 1 aromatic heterocycles. The lowest BCUT2D eigenvalue weighted by Gasteiger charge is -2.17. The van der Waals surface area contributed by atoms with Crippen molar-refractivity contribution in [3.8, 4) is 11.3 Å². The summed E-state index contributed by atoms with van der Waals surface area (Å²) >= 11 is 0. The standard InChI is InChI=1S/C16H19NO2/c1-11(2)17-15(9-8-14(10-18)16(17)19)13-6-4-12(3)5-7-13/h4-9,11,18H,10H2,1-3H3. The first-order valence-electron chi connectivity index (χ1n) is 6.47. The van der Waals surface area contributed by atoms with E-state index in [9.17, 15) is 9.90 Å². The average molecular weight is 257 g/mol. The summed E-state index contributed by atoms with van der Waals surface area (Å²) in [5.41, 5.74) is 3.41. The molecule has 0 radical (unpaired) electrons. The number of benzene rings is 1. The van der Waals surface area contributed by atoms with Gasteiger partial charge in [0.05, 0.1) is 12.3 Å². The molecular formula is C16H19NO2. The summed E-state index contributed by atoms with van der Waals surface area (Å²) in [6.45, 7) is 5.76. The molecule has 0 atom stereocenters. The fourth-order valence-electron chi connectivity index (χ4n) is 2.19. The van der Waals surface area contributed by atoms with Crippen molar-refractivity contribution in [3.63, 3.8) is 0 Å². The highest BCUT2D eigenvalue weighted by atomic mass is 16.3. The van der Waals surface area contributed by atoms with Gasteiger partial charge in [-0.15, -0.1) is 0 Å². The normalized spacial score (nSPS) is 11.0. The predicted octanol–water partition coefficient (Wildman–Crippen LogP) is 2.90. The van der Waals surface area contributed by atoms with Gasteiger partial charge in [-0.05, 0) is 38.5 Å². The Labute approximate surface area is 113 Å². The van der Waals surface area contributed by atoms with E-state index in [1.807, 2.05) is 51.1 Å². The quantitative estimate of drug-likeness (QED) is 0.918. The van der Waals surface area contributed by atoms with Crippen LogP contribution in [0.3, 0.4) is 0 Å². The van der Waals surface area contributed by atoms with Crippen LogP contribution in [0.4, 0.5) is 0 Å². The minimum Gasteiger partial charge on any atom is -0.391 e. The molecule has 0 bridgehead atoms. The van der Waals surface area contributed by atoms with Crippen LogP contribution in [0, 0.1) is 6.92 Å². The van der Waals surface area contributed by atoms with Crippen LogP contribution in [0.25, 0.3) is 11.3 Å². The Balaban J connectivity index is 2.67. The molecular weight excluding hydrogens is 238 g/mol. The number of pyridine rings is 1. The molecule has 1 aromatic carbocycles. The van der Waals surface area contributed by atoms with E-state index in [2.05, 4.69) is 0 Å². The first-order valence-corrected chi connectivity index (χ1v) is 6.47. The third kappa shape index (κ3) is 2.61. The summed E-state index contributed by atoms with van der Waals surface area (Å²) < 4.78 is 1.73. The number of nitrogens with zero attached hydrogens (tertiary/aromatic N) is 1. The maximum atomic E-state index is 12.3. The number of aromatic nitrogens is 1. The Kier molecular flexibility index (Phi) is 3.86. The third-order valence-electron chi connectivity index (χ3n) is 3.23. The van der Waals surface area contributed by atoms with Crippen LogP contribution in [0.5, 0.6) is 0 Å². The lowest BCUT2D eigenvalue weighted by Crippen LogP contribution is -2.26. The molecule has 100 valence electrons. The number of aliphatic hydroxyl groups is 1. The van der Waals surface area contributed by atoms with Gasteiger partial charge in [-0.2, -0.15) is 0 Å². The minimum atomic E-state index is -0.222. The molecule has 0 unspecified atom stereocenters. The van der Waals surface area contributed by atoms with Crippen molar-refractivity contribution in [1.82, 2.24) is 4.57 Å². The summed E-state index contributed by atoms with van der Waals surface area (Å²) in [5.74, 6) is 0. The van der Waals surface area contributed by atoms with Crippen LogP contribution >= 0.6 is 0 Å². The van der Waals surface area contributed by atoms with Crippen molar-refractivity contribution in [2.24, 2.45) is 0 Å². The van der Waals surface area contributed by atoms with E-state index in [1.165, 1.54) is 5.56 Å². The number of rotatable bonds is 3. The van der Waals surface area contributed by atoms with Crippen LogP contribution in [-0.4, -0.2) is 9.67 Å². The van der Waals surface area contributed by atoms with E-state index in [-0.39, 0.29) is 18.2 Å². The summed E-state index contributed by atoms with van der Waals surface area (Å²) in [4.78, 5) is 12.3. The van der Waals surface area contributed by atoms with Crippen molar-refractivity contribution in [2.75, 3.05) is 0 Å². The lowest BCUT2D eigenvalue weighted by atomic mass is 10.1. The molecule has 0 aliphatic rings. The van der Waals surface area contributed by atoms with Gasteiger partial charge < -0.3 is 9.67 Å². The molecule has 0 amide bonds. The first kappa shape index (κ1) is 13.6. The fraction of sp³-hybridized carbons (Fsp3) is 0.312. The van der Waals surface area contributed by atoms with Crippen LogP contribution in [-0.2, 0) is 6.61 Å². The van der Waals surface area contributed by atoms with Crippen LogP contribution in [0.2, 0.25) is 0 Å². The number of aryl methyl sites for hydroxylation is 1. The van der Waals surface area contributed by atoms with Gasteiger partial charge in [0.15, 0.2) is 0 Å². The third-order valence-corrected chi connectivity index (χ3v) is 3.23. The Morgan fingerprint density at radius 2 is 1.74 bits per heavy atom. The summed E-state index contributed by atoms with van der Waals surface area (Å²) in [6.07, 6.45) is 0. The van der Waals surface area contributed by atoms with Gasteiger partial charge >= 0.3 is 0 Å². The molecule has 1 N–H and O–H groups in total. The molecule has 19 heavy (non-hydrogen) atoms. The molecule has 0 saturated carbocycles. The fourth-order valence-corrected chi connectivity index (χ4v) is 2.19. The van der Waals surface area contributed by atoms with Gasteiger partial charge in [-0.25, -0.2) is 0 Å². The molecule has 1 heterocycles. The largest absolute Gasteiger partial charge is 0.391 e. The summed E-state index contributed by atoms with van der Waals surface area (Å²) in [5, 5.41) is 9.21. The monoisotopic (exact) mass is 257 g/mol. The average Bonchev–Trinajstić information content (AvgIpc) is 2.38. The Morgan fingerprint density at radius 3 is 2.26 bits per heavy atom. The van der Waals surface area contributed by atoms with Gasteiger partial charge in [0, 0.05) is 11.6 Å². The molecule has 0 fully saturated rings. The second-order valence-electron chi connectivity index (χ2n) is 5.04. The lowest BCUT2D eigenvalue weighted by molar-refractivity contribution is 0.279. The second kappa shape index (κ2) is 5.41. The Hall–Kier alpha value is -1.87. The Bertz CT molecular complexity index is 624. The maximum absolute atomic E-state index is 12.3. The molecule has 0 saturated heterocycles. The highest BCUT2D eigenvalue weighted by Gasteiger charge is 2.12. The van der Waals surface area contributed by atoms with Gasteiger partial charge in [0.25, 0.3) is 5.56 Å². The number of hydrogen-bond acceptors (Lipinski definition) is 2. The zero-order chi connectivity index (χ0) is 14.0. The topological polar surface area (TPSA) is 42.2 Å². The molecule has 3 nitrogen and oxygen atoms in total.